The van der Waals surface area contributed by atoms with Gasteiger partial charge in [0.2, 0.25) is 0 Å². The van der Waals surface area contributed by atoms with Crippen LogP contribution < -0.4 is 5.48 Å². The lowest BCUT2D eigenvalue weighted by atomic mass is 10.0. The molecule has 8 heteroatoms. The predicted octanol–water partition coefficient (Wildman–Crippen LogP) is 2.96. The van der Waals surface area contributed by atoms with Crippen molar-refractivity contribution < 1.29 is 18.0 Å². The summed E-state index contributed by atoms with van der Waals surface area (Å²) in [6, 6.07) is 27.3. The van der Waals surface area contributed by atoms with E-state index in [2.05, 4.69) is 5.48 Å². The summed E-state index contributed by atoms with van der Waals surface area (Å²) in [6.45, 7) is 0.794. The molecule has 0 atom stereocenters. The van der Waals surface area contributed by atoms with Crippen LogP contribution in [0.25, 0.3) is 11.1 Å². The molecule has 0 spiro atoms. The first-order valence-electron chi connectivity index (χ1n) is 10.4. The second-order valence-electron chi connectivity index (χ2n) is 7.54. The zero-order chi connectivity index (χ0) is 22.4. The van der Waals surface area contributed by atoms with E-state index in [9.17, 15) is 13.2 Å². The van der Waals surface area contributed by atoms with Crippen molar-refractivity contribution in [1.82, 2.24) is 14.1 Å². The van der Waals surface area contributed by atoms with Crippen LogP contribution in [0.15, 0.2) is 84.9 Å². The minimum atomic E-state index is -3.71. The molecule has 1 N–H and O–H groups in total. The van der Waals surface area contributed by atoms with Crippen LogP contribution in [0.2, 0.25) is 0 Å². The predicted molar refractivity (Wildman–Crippen MR) is 122 cm³/mol. The summed E-state index contributed by atoms with van der Waals surface area (Å²) in [7, 11) is -3.71. The Hall–Kier alpha value is -3.04. The Kier molecular flexibility index (Phi) is 6.96. The summed E-state index contributed by atoms with van der Waals surface area (Å²) in [4.78, 5) is 17.3. The summed E-state index contributed by atoms with van der Waals surface area (Å²) in [6.07, 6.45) is 0. The van der Waals surface area contributed by atoms with E-state index in [4.69, 9.17) is 4.84 Å². The highest BCUT2D eigenvalue weighted by atomic mass is 32.2. The molecule has 32 heavy (non-hydrogen) atoms. The van der Waals surface area contributed by atoms with E-state index >= 15 is 0 Å². The van der Waals surface area contributed by atoms with E-state index in [1.54, 1.807) is 0 Å². The number of carbonyl (C=O) groups excluding carboxylic acids is 1. The molecule has 0 aromatic heterocycles. The molecule has 0 radical (unpaired) electrons. The molecule has 0 bridgehead atoms. The number of benzene rings is 3. The summed E-state index contributed by atoms with van der Waals surface area (Å²) in [5, 5.41) is 0. The van der Waals surface area contributed by atoms with Gasteiger partial charge in [0.15, 0.2) is 0 Å². The number of carbonyl (C=O) groups is 1. The fourth-order valence-corrected chi connectivity index (χ4v) is 5.09. The van der Waals surface area contributed by atoms with Gasteiger partial charge in [-0.3, -0.25) is 9.63 Å². The van der Waals surface area contributed by atoms with Gasteiger partial charge in [-0.15, -0.1) is 0 Å². The molecular weight excluding hydrogens is 426 g/mol. The van der Waals surface area contributed by atoms with Crippen LogP contribution >= 0.6 is 0 Å². The third-order valence-electron chi connectivity index (χ3n) is 5.26. The highest BCUT2D eigenvalue weighted by Gasteiger charge is 2.37. The van der Waals surface area contributed by atoms with E-state index in [0.717, 1.165) is 22.3 Å². The third-order valence-corrected chi connectivity index (χ3v) is 7.19. The summed E-state index contributed by atoms with van der Waals surface area (Å²) < 4.78 is 28.3. The van der Waals surface area contributed by atoms with Crippen molar-refractivity contribution in [3.63, 3.8) is 0 Å². The van der Waals surface area contributed by atoms with Crippen LogP contribution in [0.4, 0.5) is 0 Å². The highest BCUT2D eigenvalue weighted by Crippen LogP contribution is 2.22. The molecule has 1 aliphatic rings. The minimum absolute atomic E-state index is 0.213. The average molecular weight is 452 g/mol. The molecule has 1 saturated heterocycles. The lowest BCUT2D eigenvalue weighted by Crippen LogP contribution is -2.40. The molecule has 166 valence electrons. The molecule has 0 aliphatic carbocycles. The maximum absolute atomic E-state index is 12.8. The fraction of sp³-hybridized carbons (Fsp3) is 0.208. The highest BCUT2D eigenvalue weighted by molar-refractivity contribution is 7.87. The van der Waals surface area contributed by atoms with E-state index in [-0.39, 0.29) is 26.2 Å². The number of hydroxylamine groups is 1. The van der Waals surface area contributed by atoms with Crippen molar-refractivity contribution in [3.8, 4) is 11.1 Å². The first-order chi connectivity index (χ1) is 15.5. The molecule has 0 unspecified atom stereocenters. The number of nitrogens with zero attached hydrogens (tertiary/aromatic N) is 2. The quantitative estimate of drug-likeness (QED) is 0.534. The minimum Gasteiger partial charge on any atom is -0.271 e. The fourth-order valence-electron chi connectivity index (χ4n) is 3.54. The number of nitrogens with one attached hydrogen (secondary N) is 1. The summed E-state index contributed by atoms with van der Waals surface area (Å²) >= 11 is 0. The Labute approximate surface area is 188 Å². The van der Waals surface area contributed by atoms with Crippen LogP contribution in [-0.2, 0) is 33.0 Å². The third kappa shape index (κ3) is 5.41. The maximum Gasteiger partial charge on any atom is 0.282 e. The zero-order valence-electron chi connectivity index (χ0n) is 17.6. The van der Waals surface area contributed by atoms with Gasteiger partial charge in [0.25, 0.3) is 16.1 Å². The van der Waals surface area contributed by atoms with Gasteiger partial charge in [-0.25, -0.2) is 5.48 Å². The number of hydrogen-bond acceptors (Lipinski definition) is 4. The Morgan fingerprint density at radius 3 is 2.06 bits per heavy atom. The van der Waals surface area contributed by atoms with Crippen LogP contribution in [0.3, 0.4) is 0 Å². The molecular formula is C24H25N3O4S. The lowest BCUT2D eigenvalue weighted by Gasteiger charge is -2.18. The molecule has 0 saturated carbocycles. The second kappa shape index (κ2) is 10.1. The van der Waals surface area contributed by atoms with Crippen LogP contribution in [0, 0.1) is 0 Å². The van der Waals surface area contributed by atoms with Gasteiger partial charge in [-0.2, -0.15) is 17.0 Å². The van der Waals surface area contributed by atoms with E-state index in [1.807, 2.05) is 84.9 Å². The Bertz CT molecular complexity index is 1140. The number of hydrogen-bond donors (Lipinski definition) is 1. The molecule has 4 rings (SSSR count). The van der Waals surface area contributed by atoms with E-state index in [1.165, 1.54) is 8.61 Å². The molecule has 1 heterocycles. The largest absolute Gasteiger partial charge is 0.282 e. The average Bonchev–Trinajstić information content (AvgIpc) is 3.08. The first-order valence-corrected chi connectivity index (χ1v) is 11.8. The second-order valence-corrected chi connectivity index (χ2v) is 9.47. The van der Waals surface area contributed by atoms with Crippen molar-refractivity contribution in [1.29, 1.82) is 0 Å². The molecule has 3 aromatic rings. The van der Waals surface area contributed by atoms with Crippen molar-refractivity contribution in [3.05, 3.63) is 96.1 Å². The van der Waals surface area contributed by atoms with Crippen LogP contribution in [0.5, 0.6) is 0 Å². The van der Waals surface area contributed by atoms with Crippen molar-refractivity contribution in [2.45, 2.75) is 13.2 Å². The van der Waals surface area contributed by atoms with Gasteiger partial charge >= 0.3 is 0 Å². The lowest BCUT2D eigenvalue weighted by molar-refractivity contribution is -0.134. The maximum atomic E-state index is 12.8. The molecule has 1 aliphatic heterocycles. The molecule has 1 fully saturated rings. The standard InChI is InChI=1S/C24H25N3O4S/c28-24(25-31-19-21-7-3-1-4-8-21)18-27-16-15-26(32(27,29)30)17-20-11-13-23(14-12-20)22-9-5-2-6-10-22/h1-14H,15-19H2,(H,25,28). The summed E-state index contributed by atoms with van der Waals surface area (Å²) in [5.41, 5.74) is 6.31. The number of amides is 1. The molecule has 1 amide bonds. The Morgan fingerprint density at radius 2 is 1.38 bits per heavy atom. The Balaban J connectivity index is 1.30. The van der Waals surface area contributed by atoms with Gasteiger partial charge in [0.1, 0.15) is 0 Å². The van der Waals surface area contributed by atoms with Gasteiger partial charge in [0.05, 0.1) is 13.2 Å². The monoisotopic (exact) mass is 451 g/mol. The topological polar surface area (TPSA) is 79.0 Å². The Morgan fingerprint density at radius 1 is 0.781 bits per heavy atom. The molecule has 7 nitrogen and oxygen atoms in total. The summed E-state index contributed by atoms with van der Waals surface area (Å²) in [5.74, 6) is -0.501. The van der Waals surface area contributed by atoms with E-state index in [0.29, 0.717) is 6.54 Å². The van der Waals surface area contributed by atoms with Gasteiger partial charge in [0, 0.05) is 19.6 Å². The normalized spacial score (nSPS) is 16.1. The van der Waals surface area contributed by atoms with Crippen molar-refractivity contribution in [2.24, 2.45) is 0 Å². The van der Waals surface area contributed by atoms with Crippen LogP contribution in [-0.4, -0.2) is 42.6 Å². The first kappa shape index (κ1) is 22.2. The van der Waals surface area contributed by atoms with Gasteiger partial charge in [-0.05, 0) is 22.3 Å². The molecule has 3 aromatic carbocycles. The van der Waals surface area contributed by atoms with Crippen molar-refractivity contribution >= 4 is 16.1 Å². The van der Waals surface area contributed by atoms with Gasteiger partial charge < -0.3 is 0 Å². The van der Waals surface area contributed by atoms with Crippen molar-refractivity contribution in [2.75, 3.05) is 19.6 Å². The van der Waals surface area contributed by atoms with E-state index < -0.39 is 16.1 Å². The zero-order valence-corrected chi connectivity index (χ0v) is 18.4. The SMILES string of the molecule is O=C(CN1CCN(Cc2ccc(-c3ccccc3)cc2)S1(=O)=O)NOCc1ccccc1. The van der Waals surface area contributed by atoms with Gasteiger partial charge in [-0.1, -0.05) is 84.9 Å². The smallest absolute Gasteiger partial charge is 0.271 e. The number of rotatable bonds is 8. The van der Waals surface area contributed by atoms with Crippen LogP contribution in [0.1, 0.15) is 11.1 Å².